The SMILES string of the molecule is Brc1ccc(COc2c(Br)cc(CNc3ccccc3)cc2Br)cc1. The molecule has 0 atom stereocenters. The molecule has 0 aromatic heterocycles. The molecule has 0 aliphatic carbocycles. The fourth-order valence-corrected chi connectivity index (χ4v) is 4.12. The smallest absolute Gasteiger partial charge is 0.148 e. The maximum atomic E-state index is 5.98. The summed E-state index contributed by atoms with van der Waals surface area (Å²) in [7, 11) is 0. The van der Waals surface area contributed by atoms with E-state index in [1.54, 1.807) is 0 Å². The van der Waals surface area contributed by atoms with Gasteiger partial charge in [0.2, 0.25) is 0 Å². The molecule has 2 nitrogen and oxygen atoms in total. The van der Waals surface area contributed by atoms with E-state index in [0.717, 1.165) is 37.0 Å². The third-order valence-corrected chi connectivity index (χ3v) is 5.33. The number of rotatable bonds is 6. The standard InChI is InChI=1S/C20H16Br3NO/c21-16-8-6-14(7-9-16)13-25-20-18(22)10-15(11-19(20)23)12-24-17-4-2-1-3-5-17/h1-11,24H,12-13H2. The van der Waals surface area contributed by atoms with Crippen LogP contribution < -0.4 is 10.1 Å². The molecule has 0 heterocycles. The van der Waals surface area contributed by atoms with Crippen molar-refractivity contribution in [1.82, 2.24) is 0 Å². The van der Waals surface area contributed by atoms with Crippen molar-refractivity contribution in [2.24, 2.45) is 0 Å². The summed E-state index contributed by atoms with van der Waals surface area (Å²) in [5.74, 6) is 0.811. The summed E-state index contributed by atoms with van der Waals surface area (Å²) in [4.78, 5) is 0. The molecule has 0 fully saturated rings. The number of nitrogens with one attached hydrogen (secondary N) is 1. The Balaban J connectivity index is 1.66. The number of halogens is 3. The van der Waals surface area contributed by atoms with E-state index in [0.29, 0.717) is 6.61 Å². The summed E-state index contributed by atoms with van der Waals surface area (Å²) in [6, 6.07) is 22.4. The van der Waals surface area contributed by atoms with E-state index in [1.165, 1.54) is 5.56 Å². The van der Waals surface area contributed by atoms with Crippen LogP contribution in [0.3, 0.4) is 0 Å². The molecule has 3 rings (SSSR count). The number of anilines is 1. The third kappa shape index (κ3) is 5.33. The largest absolute Gasteiger partial charge is 0.487 e. The molecule has 0 aliphatic rings. The fourth-order valence-electron chi connectivity index (χ4n) is 2.35. The van der Waals surface area contributed by atoms with Crippen molar-refractivity contribution < 1.29 is 4.74 Å². The highest BCUT2D eigenvalue weighted by Gasteiger charge is 2.09. The lowest BCUT2D eigenvalue weighted by atomic mass is 10.2. The van der Waals surface area contributed by atoms with Crippen LogP contribution in [-0.2, 0) is 13.2 Å². The van der Waals surface area contributed by atoms with Gasteiger partial charge in [0.1, 0.15) is 12.4 Å². The van der Waals surface area contributed by atoms with Gasteiger partial charge in [-0.25, -0.2) is 0 Å². The Hall–Kier alpha value is -1.30. The Labute approximate surface area is 173 Å². The Bertz CT molecular complexity index is 812. The van der Waals surface area contributed by atoms with Gasteiger partial charge < -0.3 is 10.1 Å². The van der Waals surface area contributed by atoms with Gasteiger partial charge in [-0.2, -0.15) is 0 Å². The number of hydrogen-bond donors (Lipinski definition) is 1. The van der Waals surface area contributed by atoms with Crippen molar-refractivity contribution in [2.75, 3.05) is 5.32 Å². The molecule has 3 aromatic rings. The van der Waals surface area contributed by atoms with Crippen molar-refractivity contribution in [3.8, 4) is 5.75 Å². The molecule has 0 aliphatic heterocycles. The van der Waals surface area contributed by atoms with Gasteiger partial charge in [0.25, 0.3) is 0 Å². The lowest BCUT2D eigenvalue weighted by Crippen LogP contribution is -2.01. The zero-order valence-electron chi connectivity index (χ0n) is 13.3. The van der Waals surface area contributed by atoms with Crippen molar-refractivity contribution in [3.05, 3.63) is 91.3 Å². The maximum Gasteiger partial charge on any atom is 0.148 e. The second-order valence-electron chi connectivity index (χ2n) is 5.52. The van der Waals surface area contributed by atoms with Gasteiger partial charge in [-0.05, 0) is 79.4 Å². The number of hydrogen-bond acceptors (Lipinski definition) is 2. The predicted molar refractivity (Wildman–Crippen MR) is 114 cm³/mol. The summed E-state index contributed by atoms with van der Waals surface area (Å²) in [6.07, 6.45) is 0. The van der Waals surface area contributed by atoms with E-state index >= 15 is 0 Å². The first kappa shape index (κ1) is 18.5. The highest BCUT2D eigenvalue weighted by molar-refractivity contribution is 9.11. The Kier molecular flexibility index (Phi) is 6.57. The molecule has 0 unspecified atom stereocenters. The normalized spacial score (nSPS) is 10.5. The summed E-state index contributed by atoms with van der Waals surface area (Å²) in [5, 5.41) is 3.41. The minimum absolute atomic E-state index is 0.520. The van der Waals surface area contributed by atoms with Gasteiger partial charge in [-0.3, -0.25) is 0 Å². The molecule has 25 heavy (non-hydrogen) atoms. The highest BCUT2D eigenvalue weighted by Crippen LogP contribution is 2.35. The first-order valence-corrected chi connectivity index (χ1v) is 10.1. The van der Waals surface area contributed by atoms with E-state index in [9.17, 15) is 0 Å². The summed E-state index contributed by atoms with van der Waals surface area (Å²) in [5.41, 5.74) is 3.39. The molecule has 0 amide bonds. The van der Waals surface area contributed by atoms with E-state index in [1.807, 2.05) is 42.5 Å². The summed E-state index contributed by atoms with van der Waals surface area (Å²) < 4.78 is 8.91. The second kappa shape index (κ2) is 8.88. The van der Waals surface area contributed by atoms with E-state index in [2.05, 4.69) is 77.4 Å². The maximum absolute atomic E-state index is 5.98. The molecule has 0 saturated heterocycles. The lowest BCUT2D eigenvalue weighted by Gasteiger charge is -2.13. The molecule has 0 spiro atoms. The van der Waals surface area contributed by atoms with Gasteiger partial charge in [0, 0.05) is 16.7 Å². The van der Waals surface area contributed by atoms with Crippen molar-refractivity contribution in [3.63, 3.8) is 0 Å². The van der Waals surface area contributed by atoms with Gasteiger partial charge in [-0.1, -0.05) is 46.3 Å². The average Bonchev–Trinajstić information content (AvgIpc) is 2.62. The highest BCUT2D eigenvalue weighted by atomic mass is 79.9. The summed E-state index contributed by atoms with van der Waals surface area (Å²) in [6.45, 7) is 1.26. The lowest BCUT2D eigenvalue weighted by molar-refractivity contribution is 0.302. The van der Waals surface area contributed by atoms with Gasteiger partial charge in [-0.15, -0.1) is 0 Å². The first-order chi connectivity index (χ1) is 12.1. The molecule has 0 radical (unpaired) electrons. The molecule has 1 N–H and O–H groups in total. The Morgan fingerprint density at radius 1 is 0.760 bits per heavy atom. The van der Waals surface area contributed by atoms with Crippen LogP contribution >= 0.6 is 47.8 Å². The van der Waals surface area contributed by atoms with E-state index in [4.69, 9.17) is 4.74 Å². The van der Waals surface area contributed by atoms with Crippen LogP contribution in [0.4, 0.5) is 5.69 Å². The Morgan fingerprint density at radius 2 is 1.40 bits per heavy atom. The van der Waals surface area contributed by atoms with Crippen LogP contribution in [0.15, 0.2) is 80.1 Å². The molecular weight excluding hydrogens is 510 g/mol. The number of para-hydroxylation sites is 1. The topological polar surface area (TPSA) is 21.3 Å². The second-order valence-corrected chi connectivity index (χ2v) is 8.15. The van der Waals surface area contributed by atoms with E-state index in [-0.39, 0.29) is 0 Å². The van der Waals surface area contributed by atoms with Gasteiger partial charge >= 0.3 is 0 Å². The van der Waals surface area contributed by atoms with E-state index < -0.39 is 0 Å². The van der Waals surface area contributed by atoms with Crippen LogP contribution in [0.5, 0.6) is 5.75 Å². The van der Waals surface area contributed by atoms with Crippen molar-refractivity contribution in [2.45, 2.75) is 13.2 Å². The molecule has 0 saturated carbocycles. The first-order valence-electron chi connectivity index (χ1n) is 7.76. The third-order valence-electron chi connectivity index (χ3n) is 3.62. The minimum Gasteiger partial charge on any atom is -0.487 e. The summed E-state index contributed by atoms with van der Waals surface area (Å²) >= 11 is 10.7. The van der Waals surface area contributed by atoms with Crippen LogP contribution in [0.25, 0.3) is 0 Å². The van der Waals surface area contributed by atoms with Crippen molar-refractivity contribution in [1.29, 1.82) is 0 Å². The number of ether oxygens (including phenoxy) is 1. The zero-order valence-corrected chi connectivity index (χ0v) is 18.1. The molecule has 0 bridgehead atoms. The fraction of sp³-hybridized carbons (Fsp3) is 0.100. The predicted octanol–water partition coefficient (Wildman–Crippen LogP) is 7.17. The molecule has 5 heteroatoms. The van der Waals surface area contributed by atoms with Gasteiger partial charge in [0.15, 0.2) is 0 Å². The van der Waals surface area contributed by atoms with Crippen LogP contribution in [0, 0.1) is 0 Å². The van der Waals surface area contributed by atoms with Crippen LogP contribution in [0.1, 0.15) is 11.1 Å². The Morgan fingerprint density at radius 3 is 2.04 bits per heavy atom. The molecule has 3 aromatic carbocycles. The molecular formula is C20H16Br3NO. The van der Waals surface area contributed by atoms with Gasteiger partial charge in [0.05, 0.1) is 8.95 Å². The van der Waals surface area contributed by atoms with Crippen molar-refractivity contribution >= 4 is 53.5 Å². The monoisotopic (exact) mass is 523 g/mol. The molecule has 128 valence electrons. The van der Waals surface area contributed by atoms with Crippen LogP contribution in [-0.4, -0.2) is 0 Å². The minimum atomic E-state index is 0.520. The number of benzene rings is 3. The average molecular weight is 526 g/mol. The zero-order chi connectivity index (χ0) is 17.6. The quantitative estimate of drug-likeness (QED) is 0.368. The van der Waals surface area contributed by atoms with Crippen LogP contribution in [0.2, 0.25) is 0 Å².